The number of carbonyl (C=O) groups excluding carboxylic acids is 1. The topological polar surface area (TPSA) is 29.1 Å². The molecule has 2 heteroatoms. The van der Waals surface area contributed by atoms with Gasteiger partial charge in [-0.2, -0.15) is 0 Å². The number of hydrogen-bond acceptors (Lipinski definition) is 1. The average Bonchev–Trinajstić information content (AvgIpc) is 1.85. The summed E-state index contributed by atoms with van der Waals surface area (Å²) in [5.41, 5.74) is 1.11. The molecule has 0 saturated heterocycles. The van der Waals surface area contributed by atoms with Gasteiger partial charge in [-0.25, -0.2) is 0 Å². The van der Waals surface area contributed by atoms with Crippen molar-refractivity contribution in [2.24, 2.45) is 0 Å². The second-order valence-electron chi connectivity index (χ2n) is 3.01. The summed E-state index contributed by atoms with van der Waals surface area (Å²) in [6, 6.07) is 0.225. The monoisotopic (exact) mass is 155 g/mol. The smallest absolute Gasteiger partial charge is 0.244 e. The second kappa shape index (κ2) is 4.94. The Bertz CT molecular complexity index is 159. The van der Waals surface area contributed by atoms with Gasteiger partial charge in [-0.3, -0.25) is 4.79 Å². The van der Waals surface area contributed by atoms with Gasteiger partial charge in [-0.15, -0.1) is 0 Å². The van der Waals surface area contributed by atoms with Gasteiger partial charge in [-0.1, -0.05) is 12.5 Å². The highest BCUT2D eigenvalue weighted by molar-refractivity contribution is 5.88. The number of nitrogens with one attached hydrogen (secondary N) is 1. The summed E-state index contributed by atoms with van der Waals surface area (Å²) in [5.74, 6) is 0.0133. The first kappa shape index (κ1) is 10.2. The van der Waals surface area contributed by atoms with Crippen molar-refractivity contribution >= 4 is 5.91 Å². The molecule has 11 heavy (non-hydrogen) atoms. The first-order valence-electron chi connectivity index (χ1n) is 4.04. The fourth-order valence-electron chi connectivity index (χ4n) is 0.652. The predicted molar refractivity (Wildman–Crippen MR) is 47.3 cm³/mol. The van der Waals surface area contributed by atoms with Crippen molar-refractivity contribution in [1.82, 2.24) is 5.32 Å². The van der Waals surface area contributed by atoms with Crippen molar-refractivity contribution in [2.75, 3.05) is 0 Å². The van der Waals surface area contributed by atoms with Crippen LogP contribution in [0.25, 0.3) is 0 Å². The van der Waals surface area contributed by atoms with Crippen LogP contribution < -0.4 is 5.32 Å². The molecule has 0 unspecified atom stereocenters. The van der Waals surface area contributed by atoms with Crippen LogP contribution >= 0.6 is 0 Å². The molecular formula is C9H17NO. The molecule has 64 valence electrons. The molecule has 0 aromatic carbocycles. The van der Waals surface area contributed by atoms with Crippen LogP contribution in [-0.4, -0.2) is 11.9 Å². The maximum absolute atomic E-state index is 11.0. The van der Waals surface area contributed by atoms with Gasteiger partial charge >= 0.3 is 0 Å². The van der Waals surface area contributed by atoms with Crippen LogP contribution in [0, 0.1) is 0 Å². The first-order valence-corrected chi connectivity index (χ1v) is 4.04. The third kappa shape index (κ3) is 5.64. The van der Waals surface area contributed by atoms with E-state index < -0.39 is 0 Å². The van der Waals surface area contributed by atoms with Gasteiger partial charge in [0.1, 0.15) is 0 Å². The molecule has 1 N–H and O–H groups in total. The molecule has 0 bridgehead atoms. The van der Waals surface area contributed by atoms with Crippen molar-refractivity contribution in [3.05, 3.63) is 11.6 Å². The lowest BCUT2D eigenvalue weighted by atomic mass is 10.2. The molecule has 0 heterocycles. The third-order valence-corrected chi connectivity index (χ3v) is 1.37. The summed E-state index contributed by atoms with van der Waals surface area (Å²) >= 11 is 0. The van der Waals surface area contributed by atoms with Gasteiger partial charge in [0, 0.05) is 12.1 Å². The predicted octanol–water partition coefficient (Wildman–Crippen LogP) is 1.87. The number of carbonyl (C=O) groups is 1. The molecule has 0 aromatic heterocycles. The van der Waals surface area contributed by atoms with Crippen molar-refractivity contribution < 1.29 is 4.79 Å². The number of amides is 1. The highest BCUT2D eigenvalue weighted by atomic mass is 16.1. The highest BCUT2D eigenvalue weighted by Crippen LogP contribution is 1.96. The molecule has 0 radical (unpaired) electrons. The van der Waals surface area contributed by atoms with E-state index >= 15 is 0 Å². The number of rotatable bonds is 3. The van der Waals surface area contributed by atoms with E-state index in [1.807, 2.05) is 27.7 Å². The Morgan fingerprint density at radius 3 is 2.45 bits per heavy atom. The van der Waals surface area contributed by atoms with Crippen LogP contribution in [0.15, 0.2) is 11.6 Å². The third-order valence-electron chi connectivity index (χ3n) is 1.37. The van der Waals surface area contributed by atoms with Crippen LogP contribution in [0.5, 0.6) is 0 Å². The normalized spacial score (nSPS) is 11.9. The fourth-order valence-corrected chi connectivity index (χ4v) is 0.652. The molecule has 0 fully saturated rings. The van der Waals surface area contributed by atoms with E-state index in [4.69, 9.17) is 0 Å². The summed E-state index contributed by atoms with van der Waals surface area (Å²) in [4.78, 5) is 11.0. The maximum Gasteiger partial charge on any atom is 0.244 e. The largest absolute Gasteiger partial charge is 0.350 e. The standard InChI is InChI=1S/C9H17NO/c1-5-8(4)6-9(11)10-7(2)3/h6-7H,5H2,1-4H3,(H,10,11)/b8-6+. The first-order chi connectivity index (χ1) is 5.06. The molecule has 0 saturated carbocycles. The second-order valence-corrected chi connectivity index (χ2v) is 3.01. The zero-order valence-corrected chi connectivity index (χ0v) is 7.77. The Labute approximate surface area is 68.7 Å². The molecule has 0 aliphatic rings. The van der Waals surface area contributed by atoms with Crippen LogP contribution in [0.4, 0.5) is 0 Å². The van der Waals surface area contributed by atoms with E-state index in [1.165, 1.54) is 0 Å². The lowest BCUT2D eigenvalue weighted by Gasteiger charge is -2.05. The summed E-state index contributed by atoms with van der Waals surface area (Å²) in [7, 11) is 0. The van der Waals surface area contributed by atoms with Gasteiger partial charge in [-0.05, 0) is 27.2 Å². The van der Waals surface area contributed by atoms with E-state index in [9.17, 15) is 4.79 Å². The molecule has 1 amide bonds. The van der Waals surface area contributed by atoms with Crippen molar-refractivity contribution in [2.45, 2.75) is 40.2 Å². The number of allylic oxidation sites excluding steroid dienone is 1. The minimum Gasteiger partial charge on any atom is -0.350 e. The molecule has 0 rings (SSSR count). The van der Waals surface area contributed by atoms with E-state index in [-0.39, 0.29) is 11.9 Å². The molecule has 0 aliphatic carbocycles. The van der Waals surface area contributed by atoms with Gasteiger partial charge in [0.2, 0.25) is 5.91 Å². The Balaban J connectivity index is 3.86. The Hall–Kier alpha value is -0.790. The fraction of sp³-hybridized carbons (Fsp3) is 0.667. The van der Waals surface area contributed by atoms with Crippen LogP contribution in [0.2, 0.25) is 0 Å². The minimum absolute atomic E-state index is 0.0133. The van der Waals surface area contributed by atoms with Crippen molar-refractivity contribution in [1.29, 1.82) is 0 Å². The van der Waals surface area contributed by atoms with Crippen LogP contribution in [0.3, 0.4) is 0 Å². The summed E-state index contributed by atoms with van der Waals surface area (Å²) < 4.78 is 0. The van der Waals surface area contributed by atoms with E-state index in [0.717, 1.165) is 12.0 Å². The van der Waals surface area contributed by atoms with E-state index in [0.29, 0.717) is 0 Å². The lowest BCUT2D eigenvalue weighted by molar-refractivity contribution is -0.117. The lowest BCUT2D eigenvalue weighted by Crippen LogP contribution is -2.28. The zero-order chi connectivity index (χ0) is 8.85. The van der Waals surface area contributed by atoms with Crippen LogP contribution in [-0.2, 0) is 4.79 Å². The van der Waals surface area contributed by atoms with E-state index in [2.05, 4.69) is 5.32 Å². The van der Waals surface area contributed by atoms with Gasteiger partial charge in [0.25, 0.3) is 0 Å². The summed E-state index contributed by atoms with van der Waals surface area (Å²) in [5, 5.41) is 2.79. The van der Waals surface area contributed by atoms with E-state index in [1.54, 1.807) is 6.08 Å². The summed E-state index contributed by atoms with van der Waals surface area (Å²) in [6.07, 6.45) is 2.59. The minimum atomic E-state index is 0.0133. The average molecular weight is 155 g/mol. The molecule has 2 nitrogen and oxygen atoms in total. The van der Waals surface area contributed by atoms with Crippen molar-refractivity contribution in [3.8, 4) is 0 Å². The molecule has 0 aliphatic heterocycles. The Morgan fingerprint density at radius 1 is 1.55 bits per heavy atom. The molecule has 0 aromatic rings. The quantitative estimate of drug-likeness (QED) is 0.619. The Morgan fingerprint density at radius 2 is 2.09 bits per heavy atom. The molecular weight excluding hydrogens is 138 g/mol. The zero-order valence-electron chi connectivity index (χ0n) is 7.77. The highest BCUT2D eigenvalue weighted by Gasteiger charge is 1.98. The van der Waals surface area contributed by atoms with Crippen molar-refractivity contribution in [3.63, 3.8) is 0 Å². The maximum atomic E-state index is 11.0. The SMILES string of the molecule is CC/C(C)=C/C(=O)NC(C)C. The Kier molecular flexibility index (Phi) is 4.59. The van der Waals surface area contributed by atoms with Gasteiger partial charge in [0.05, 0.1) is 0 Å². The molecule has 0 atom stereocenters. The molecule has 0 spiro atoms. The van der Waals surface area contributed by atoms with Gasteiger partial charge < -0.3 is 5.32 Å². The van der Waals surface area contributed by atoms with Gasteiger partial charge in [0.15, 0.2) is 0 Å². The van der Waals surface area contributed by atoms with Crippen LogP contribution in [0.1, 0.15) is 34.1 Å². The summed E-state index contributed by atoms with van der Waals surface area (Å²) in [6.45, 7) is 7.90. The number of hydrogen-bond donors (Lipinski definition) is 1.